The van der Waals surface area contributed by atoms with Crippen LogP contribution in [0, 0.1) is 6.92 Å². The predicted octanol–water partition coefficient (Wildman–Crippen LogP) is 4.15. The van der Waals surface area contributed by atoms with Crippen LogP contribution in [0.25, 0.3) is 0 Å². The molecule has 1 saturated carbocycles. The molecule has 0 aromatic heterocycles. The van der Waals surface area contributed by atoms with Gasteiger partial charge in [0.15, 0.2) is 5.96 Å². The fourth-order valence-corrected chi connectivity index (χ4v) is 3.84. The number of anilines is 1. The lowest BCUT2D eigenvalue weighted by Crippen LogP contribution is -2.36. The van der Waals surface area contributed by atoms with Crippen LogP contribution in [0.4, 0.5) is 5.69 Å². The number of carbonyl (C=O) groups excluding carboxylic acids is 1. The molecule has 172 valence electrons. The number of aryl methyl sites for hydroxylation is 1. The topological polar surface area (TPSA) is 84.0 Å². The van der Waals surface area contributed by atoms with Crippen molar-refractivity contribution >= 4 is 17.6 Å². The highest BCUT2D eigenvalue weighted by molar-refractivity contribution is 5.90. The van der Waals surface area contributed by atoms with E-state index in [1.54, 1.807) is 14.2 Å². The van der Waals surface area contributed by atoms with E-state index >= 15 is 0 Å². The number of guanidine groups is 1. The van der Waals surface area contributed by atoms with Crippen molar-refractivity contribution in [3.63, 3.8) is 0 Å². The van der Waals surface area contributed by atoms with Crippen molar-refractivity contribution in [2.45, 2.75) is 58.7 Å². The van der Waals surface area contributed by atoms with Gasteiger partial charge in [-0.25, -0.2) is 0 Å². The van der Waals surface area contributed by atoms with Crippen molar-refractivity contribution < 1.29 is 14.3 Å². The summed E-state index contributed by atoms with van der Waals surface area (Å²) >= 11 is 0. The Labute approximate surface area is 190 Å². The van der Waals surface area contributed by atoms with Crippen molar-refractivity contribution in [1.82, 2.24) is 10.6 Å². The Hall–Kier alpha value is -3.22. The second-order valence-corrected chi connectivity index (χ2v) is 8.13. The summed E-state index contributed by atoms with van der Waals surface area (Å²) in [5.74, 6) is 2.13. The van der Waals surface area contributed by atoms with Gasteiger partial charge in [-0.15, -0.1) is 0 Å². The molecular weight excluding hydrogens is 404 g/mol. The van der Waals surface area contributed by atoms with Crippen LogP contribution in [0.1, 0.15) is 49.3 Å². The number of rotatable bonds is 8. The van der Waals surface area contributed by atoms with Gasteiger partial charge in [0.2, 0.25) is 5.91 Å². The zero-order valence-electron chi connectivity index (χ0n) is 19.5. The smallest absolute Gasteiger partial charge is 0.221 e. The van der Waals surface area contributed by atoms with Crippen LogP contribution in [0.2, 0.25) is 0 Å². The van der Waals surface area contributed by atoms with E-state index in [1.807, 2.05) is 18.2 Å². The summed E-state index contributed by atoms with van der Waals surface area (Å²) in [5, 5.41) is 9.50. The van der Waals surface area contributed by atoms with Gasteiger partial charge in [0.05, 0.1) is 18.9 Å². The minimum atomic E-state index is -0.139. The van der Waals surface area contributed by atoms with Gasteiger partial charge in [-0.1, -0.05) is 18.2 Å². The zero-order valence-corrected chi connectivity index (χ0v) is 19.5. The number of methoxy groups -OCH3 is 1. The van der Waals surface area contributed by atoms with Gasteiger partial charge in [-0.2, -0.15) is 0 Å². The molecule has 3 rings (SSSR count). The number of nitrogens with zero attached hydrogens (tertiary/aromatic N) is 1. The first kappa shape index (κ1) is 23.4. The predicted molar refractivity (Wildman–Crippen MR) is 128 cm³/mol. The highest BCUT2D eigenvalue weighted by Crippen LogP contribution is 2.28. The Morgan fingerprint density at radius 2 is 1.81 bits per heavy atom. The average molecular weight is 439 g/mol. The van der Waals surface area contributed by atoms with Gasteiger partial charge in [0.1, 0.15) is 11.5 Å². The van der Waals surface area contributed by atoms with Crippen LogP contribution >= 0.6 is 0 Å². The molecule has 0 spiro atoms. The number of amides is 1. The fraction of sp³-hybridized carbons (Fsp3) is 0.440. The van der Waals surface area contributed by atoms with Crippen molar-refractivity contribution in [2.75, 3.05) is 19.5 Å². The summed E-state index contributed by atoms with van der Waals surface area (Å²) in [4.78, 5) is 15.8. The number of carbonyl (C=O) groups is 1. The number of aliphatic imine (C=N–C) groups is 1. The first-order chi connectivity index (χ1) is 15.5. The molecule has 0 atom stereocenters. The van der Waals surface area contributed by atoms with Crippen LogP contribution in [0.3, 0.4) is 0 Å². The minimum absolute atomic E-state index is 0.139. The highest BCUT2D eigenvalue weighted by atomic mass is 16.5. The van der Waals surface area contributed by atoms with E-state index in [2.05, 4.69) is 46.1 Å². The number of ether oxygens (including phenoxy) is 2. The molecule has 1 amide bonds. The molecule has 0 radical (unpaired) electrons. The Bertz CT molecular complexity index is 952. The minimum Gasteiger partial charge on any atom is -0.495 e. The largest absolute Gasteiger partial charge is 0.495 e. The van der Waals surface area contributed by atoms with E-state index in [1.165, 1.54) is 25.3 Å². The van der Waals surface area contributed by atoms with E-state index < -0.39 is 0 Å². The maximum atomic E-state index is 11.5. The monoisotopic (exact) mass is 438 g/mol. The van der Waals surface area contributed by atoms with E-state index in [-0.39, 0.29) is 5.91 Å². The molecule has 0 saturated heterocycles. The third-order valence-electron chi connectivity index (χ3n) is 5.52. The van der Waals surface area contributed by atoms with Crippen LogP contribution in [0.15, 0.2) is 41.4 Å². The van der Waals surface area contributed by atoms with Crippen LogP contribution in [-0.2, 0) is 17.9 Å². The van der Waals surface area contributed by atoms with E-state index in [0.717, 1.165) is 29.7 Å². The Morgan fingerprint density at radius 3 is 2.50 bits per heavy atom. The van der Waals surface area contributed by atoms with E-state index in [9.17, 15) is 4.79 Å². The molecule has 3 N–H and O–H groups in total. The molecule has 2 aromatic rings. The molecule has 1 fully saturated rings. The number of benzene rings is 2. The summed E-state index contributed by atoms with van der Waals surface area (Å²) in [6.45, 7) is 4.73. The zero-order chi connectivity index (χ0) is 22.9. The number of hydrogen-bond acceptors (Lipinski definition) is 4. The van der Waals surface area contributed by atoms with Crippen molar-refractivity contribution in [2.24, 2.45) is 4.99 Å². The average Bonchev–Trinajstić information content (AvgIpc) is 3.28. The molecule has 1 aliphatic carbocycles. The summed E-state index contributed by atoms with van der Waals surface area (Å²) in [6, 6.07) is 12.0. The van der Waals surface area contributed by atoms with Crippen LogP contribution in [-0.4, -0.2) is 32.1 Å². The van der Waals surface area contributed by atoms with Gasteiger partial charge in [-0.05, 0) is 61.9 Å². The molecule has 7 nitrogen and oxygen atoms in total. The summed E-state index contributed by atoms with van der Waals surface area (Å²) < 4.78 is 11.6. The summed E-state index contributed by atoms with van der Waals surface area (Å²) in [5.41, 5.74) is 3.95. The molecule has 1 aliphatic rings. The molecule has 0 unspecified atom stereocenters. The van der Waals surface area contributed by atoms with E-state index in [0.29, 0.717) is 36.6 Å². The standard InChI is InChI=1S/C25H34N4O3/c1-17-9-11-20(24(13-17)32-21-7-5-6-8-21)16-28-25(26-3)27-15-19-10-12-23(31-4)22(14-19)29-18(2)30/h9-14,21H,5-8,15-16H2,1-4H3,(H,29,30)(H2,26,27,28). The summed E-state index contributed by atoms with van der Waals surface area (Å²) in [6.07, 6.45) is 5.07. The second kappa shape index (κ2) is 11.4. The third kappa shape index (κ3) is 6.64. The molecule has 0 bridgehead atoms. The molecule has 0 heterocycles. The summed E-state index contributed by atoms with van der Waals surface area (Å²) in [7, 11) is 3.33. The lowest BCUT2D eigenvalue weighted by molar-refractivity contribution is -0.114. The van der Waals surface area contributed by atoms with Gasteiger partial charge in [0, 0.05) is 32.6 Å². The third-order valence-corrected chi connectivity index (χ3v) is 5.52. The van der Waals surface area contributed by atoms with E-state index in [4.69, 9.17) is 9.47 Å². The Balaban J connectivity index is 1.60. The van der Waals surface area contributed by atoms with Gasteiger partial charge in [0.25, 0.3) is 0 Å². The second-order valence-electron chi connectivity index (χ2n) is 8.13. The van der Waals surface area contributed by atoms with Crippen LogP contribution < -0.4 is 25.4 Å². The first-order valence-electron chi connectivity index (χ1n) is 11.1. The molecule has 32 heavy (non-hydrogen) atoms. The van der Waals surface area contributed by atoms with Gasteiger partial charge >= 0.3 is 0 Å². The van der Waals surface area contributed by atoms with Crippen LogP contribution in [0.5, 0.6) is 11.5 Å². The van der Waals surface area contributed by atoms with Crippen molar-refractivity contribution in [3.8, 4) is 11.5 Å². The van der Waals surface area contributed by atoms with Gasteiger partial charge < -0.3 is 25.4 Å². The maximum Gasteiger partial charge on any atom is 0.221 e. The fourth-order valence-electron chi connectivity index (χ4n) is 3.84. The van der Waals surface area contributed by atoms with Gasteiger partial charge in [-0.3, -0.25) is 9.79 Å². The molecular formula is C25H34N4O3. The normalized spacial score (nSPS) is 14.2. The number of nitrogens with one attached hydrogen (secondary N) is 3. The SMILES string of the molecule is CN=C(NCc1ccc(OC)c(NC(C)=O)c1)NCc1ccc(C)cc1OC1CCCC1. The Kier molecular flexibility index (Phi) is 8.36. The van der Waals surface area contributed by atoms with Crippen molar-refractivity contribution in [1.29, 1.82) is 0 Å². The molecule has 2 aromatic carbocycles. The maximum absolute atomic E-state index is 11.5. The van der Waals surface area contributed by atoms with Crippen molar-refractivity contribution in [3.05, 3.63) is 53.1 Å². The number of hydrogen-bond donors (Lipinski definition) is 3. The first-order valence-corrected chi connectivity index (χ1v) is 11.1. The Morgan fingerprint density at radius 1 is 1.06 bits per heavy atom. The lowest BCUT2D eigenvalue weighted by Gasteiger charge is -2.19. The molecule has 7 heteroatoms. The molecule has 0 aliphatic heterocycles. The highest BCUT2D eigenvalue weighted by Gasteiger charge is 2.18. The quantitative estimate of drug-likeness (QED) is 0.426. The lowest BCUT2D eigenvalue weighted by atomic mass is 10.1.